The Kier molecular flexibility index (Phi) is 4.43. The minimum atomic E-state index is -0.860. The maximum absolute atomic E-state index is 11.7. The van der Waals surface area contributed by atoms with Crippen LogP contribution < -0.4 is 0 Å². The second-order valence-electron chi connectivity index (χ2n) is 5.54. The lowest BCUT2D eigenvalue weighted by Gasteiger charge is -2.35. The second kappa shape index (κ2) is 5.85. The van der Waals surface area contributed by atoms with Gasteiger partial charge in [0.15, 0.2) is 5.60 Å². The quantitative estimate of drug-likeness (QED) is 0.753. The zero-order valence-electron chi connectivity index (χ0n) is 10.6. The molecule has 0 aromatic heterocycles. The van der Waals surface area contributed by atoms with E-state index in [-0.39, 0.29) is 5.92 Å². The maximum atomic E-state index is 11.7. The second-order valence-corrected chi connectivity index (χ2v) is 5.54. The molecule has 17 heavy (non-hydrogen) atoms. The monoisotopic (exact) mass is 240 g/mol. The van der Waals surface area contributed by atoms with E-state index in [1.807, 2.05) is 0 Å². The Bertz CT molecular complexity index is 246. The standard InChI is InChI=1S/C14H24O3/c15-13(16)14(10-6-3-7-11-17-14)12-8-4-1-2-5-9-12/h12H,1-11H2,(H,15,16). The molecule has 3 heteroatoms. The summed E-state index contributed by atoms with van der Waals surface area (Å²) in [6.07, 6.45) is 10.8. The summed E-state index contributed by atoms with van der Waals surface area (Å²) in [7, 11) is 0. The van der Waals surface area contributed by atoms with E-state index in [4.69, 9.17) is 4.74 Å². The molecule has 0 aromatic rings. The molecular formula is C14H24O3. The molecule has 1 aliphatic heterocycles. The number of carboxylic acid groups (broad SMARTS) is 1. The van der Waals surface area contributed by atoms with E-state index in [9.17, 15) is 9.90 Å². The molecule has 3 nitrogen and oxygen atoms in total. The van der Waals surface area contributed by atoms with Crippen molar-refractivity contribution in [3.05, 3.63) is 0 Å². The molecule has 0 amide bonds. The summed E-state index contributed by atoms with van der Waals surface area (Å²) >= 11 is 0. The van der Waals surface area contributed by atoms with Crippen molar-refractivity contribution in [3.8, 4) is 0 Å². The van der Waals surface area contributed by atoms with Gasteiger partial charge in [-0.1, -0.05) is 32.1 Å². The number of carbonyl (C=O) groups is 1. The molecule has 0 aromatic carbocycles. The summed E-state index contributed by atoms with van der Waals surface area (Å²) in [5, 5.41) is 9.63. The van der Waals surface area contributed by atoms with Crippen molar-refractivity contribution in [2.75, 3.05) is 6.61 Å². The minimum Gasteiger partial charge on any atom is -0.479 e. The molecule has 0 spiro atoms. The molecule has 1 saturated heterocycles. The van der Waals surface area contributed by atoms with Crippen LogP contribution in [0.25, 0.3) is 0 Å². The number of rotatable bonds is 2. The van der Waals surface area contributed by atoms with Crippen LogP contribution in [0.2, 0.25) is 0 Å². The topological polar surface area (TPSA) is 46.5 Å². The third-order valence-corrected chi connectivity index (χ3v) is 4.43. The Morgan fingerprint density at radius 2 is 1.65 bits per heavy atom. The molecule has 1 unspecified atom stereocenters. The van der Waals surface area contributed by atoms with Gasteiger partial charge in [0.25, 0.3) is 0 Å². The van der Waals surface area contributed by atoms with Crippen molar-refractivity contribution >= 4 is 5.97 Å². The first-order valence-corrected chi connectivity index (χ1v) is 7.13. The van der Waals surface area contributed by atoms with Gasteiger partial charge in [0.2, 0.25) is 0 Å². The molecule has 0 radical (unpaired) electrons. The molecule has 2 aliphatic rings. The lowest BCUT2D eigenvalue weighted by Crippen LogP contribution is -2.48. The molecule has 1 N–H and O–H groups in total. The third kappa shape index (κ3) is 2.82. The average molecular weight is 240 g/mol. The van der Waals surface area contributed by atoms with E-state index >= 15 is 0 Å². The van der Waals surface area contributed by atoms with Gasteiger partial charge in [-0.05, 0) is 38.0 Å². The van der Waals surface area contributed by atoms with Crippen molar-refractivity contribution in [2.24, 2.45) is 5.92 Å². The zero-order chi connectivity index (χ0) is 12.1. The molecule has 0 bridgehead atoms. The minimum absolute atomic E-state index is 0.237. The van der Waals surface area contributed by atoms with Gasteiger partial charge in [-0.25, -0.2) is 4.79 Å². The Balaban J connectivity index is 2.15. The molecule has 2 rings (SSSR count). The number of aliphatic carboxylic acids is 1. The van der Waals surface area contributed by atoms with Crippen LogP contribution in [-0.4, -0.2) is 23.3 Å². The van der Waals surface area contributed by atoms with Crippen LogP contribution in [-0.2, 0) is 9.53 Å². The van der Waals surface area contributed by atoms with E-state index in [0.717, 1.165) is 32.1 Å². The average Bonchev–Trinajstić information content (AvgIpc) is 2.72. The molecule has 98 valence electrons. The normalized spacial score (nSPS) is 32.7. The summed E-state index contributed by atoms with van der Waals surface area (Å²) in [6, 6.07) is 0. The van der Waals surface area contributed by atoms with Crippen LogP contribution >= 0.6 is 0 Å². The zero-order valence-corrected chi connectivity index (χ0v) is 10.6. The first-order valence-electron chi connectivity index (χ1n) is 7.13. The molecule has 2 fully saturated rings. The van der Waals surface area contributed by atoms with Crippen molar-refractivity contribution in [3.63, 3.8) is 0 Å². The smallest absolute Gasteiger partial charge is 0.336 e. The number of hydrogen-bond acceptors (Lipinski definition) is 2. The lowest BCUT2D eigenvalue weighted by molar-refractivity contribution is -0.176. The highest BCUT2D eigenvalue weighted by Crippen LogP contribution is 2.39. The van der Waals surface area contributed by atoms with Crippen LogP contribution in [0.3, 0.4) is 0 Å². The largest absolute Gasteiger partial charge is 0.479 e. The fraction of sp³-hybridized carbons (Fsp3) is 0.929. The molecular weight excluding hydrogens is 216 g/mol. The van der Waals surface area contributed by atoms with E-state index in [0.29, 0.717) is 13.0 Å². The Hall–Kier alpha value is -0.570. The predicted octanol–water partition coefficient (Wildman–Crippen LogP) is 3.37. The Labute approximate surface area is 104 Å². The summed E-state index contributed by atoms with van der Waals surface area (Å²) in [5.41, 5.74) is -0.860. The van der Waals surface area contributed by atoms with Crippen LogP contribution in [0.15, 0.2) is 0 Å². The molecule has 1 aliphatic carbocycles. The Morgan fingerprint density at radius 1 is 1.00 bits per heavy atom. The van der Waals surface area contributed by atoms with Crippen LogP contribution in [0.5, 0.6) is 0 Å². The van der Waals surface area contributed by atoms with E-state index in [1.165, 1.54) is 25.7 Å². The maximum Gasteiger partial charge on any atom is 0.336 e. The van der Waals surface area contributed by atoms with E-state index in [2.05, 4.69) is 0 Å². The first-order chi connectivity index (χ1) is 8.26. The first kappa shape index (κ1) is 12.9. The molecule has 1 atom stereocenters. The van der Waals surface area contributed by atoms with Crippen molar-refractivity contribution in [1.29, 1.82) is 0 Å². The van der Waals surface area contributed by atoms with E-state index < -0.39 is 11.6 Å². The van der Waals surface area contributed by atoms with E-state index in [1.54, 1.807) is 0 Å². The highest BCUT2D eigenvalue weighted by molar-refractivity contribution is 5.78. The molecule has 1 heterocycles. The van der Waals surface area contributed by atoms with Crippen LogP contribution in [0, 0.1) is 5.92 Å². The fourth-order valence-electron chi connectivity index (χ4n) is 3.40. The predicted molar refractivity (Wildman–Crippen MR) is 66.0 cm³/mol. The fourth-order valence-corrected chi connectivity index (χ4v) is 3.40. The summed E-state index contributed by atoms with van der Waals surface area (Å²) < 4.78 is 5.85. The SMILES string of the molecule is O=C(O)C1(C2CCCCCC2)CCCCCO1. The highest BCUT2D eigenvalue weighted by atomic mass is 16.5. The number of ether oxygens (including phenoxy) is 1. The van der Waals surface area contributed by atoms with Crippen molar-refractivity contribution < 1.29 is 14.6 Å². The number of hydrogen-bond donors (Lipinski definition) is 1. The summed E-state index contributed by atoms with van der Waals surface area (Å²) in [6.45, 7) is 0.628. The van der Waals surface area contributed by atoms with Gasteiger partial charge < -0.3 is 9.84 Å². The van der Waals surface area contributed by atoms with Crippen LogP contribution in [0.4, 0.5) is 0 Å². The van der Waals surface area contributed by atoms with Gasteiger partial charge in [0.1, 0.15) is 0 Å². The summed E-state index contributed by atoms with van der Waals surface area (Å²) in [5.74, 6) is -0.480. The van der Waals surface area contributed by atoms with Gasteiger partial charge in [-0.3, -0.25) is 0 Å². The van der Waals surface area contributed by atoms with Gasteiger partial charge in [0.05, 0.1) is 0 Å². The molecule has 1 saturated carbocycles. The Morgan fingerprint density at radius 3 is 2.29 bits per heavy atom. The van der Waals surface area contributed by atoms with Gasteiger partial charge >= 0.3 is 5.97 Å². The highest BCUT2D eigenvalue weighted by Gasteiger charge is 2.46. The van der Waals surface area contributed by atoms with Gasteiger partial charge in [0, 0.05) is 6.61 Å². The number of carboxylic acids is 1. The van der Waals surface area contributed by atoms with Crippen molar-refractivity contribution in [1.82, 2.24) is 0 Å². The third-order valence-electron chi connectivity index (χ3n) is 4.43. The van der Waals surface area contributed by atoms with Gasteiger partial charge in [-0.15, -0.1) is 0 Å². The van der Waals surface area contributed by atoms with Gasteiger partial charge in [-0.2, -0.15) is 0 Å². The van der Waals surface area contributed by atoms with Crippen LogP contribution in [0.1, 0.15) is 64.2 Å². The van der Waals surface area contributed by atoms with Crippen molar-refractivity contribution in [2.45, 2.75) is 69.8 Å². The lowest BCUT2D eigenvalue weighted by atomic mass is 9.78. The summed E-state index contributed by atoms with van der Waals surface area (Å²) in [4.78, 5) is 11.7.